The molecule has 0 aliphatic heterocycles. The molecule has 0 spiro atoms. The van der Waals surface area contributed by atoms with Crippen molar-refractivity contribution in [3.8, 4) is 5.75 Å². The maximum Gasteiger partial charge on any atom is 0.184 e. The highest BCUT2D eigenvalue weighted by atomic mass is 79.9. The van der Waals surface area contributed by atoms with E-state index in [4.69, 9.17) is 4.74 Å². The van der Waals surface area contributed by atoms with E-state index in [1.165, 1.54) is 11.3 Å². The van der Waals surface area contributed by atoms with Gasteiger partial charge in [0.25, 0.3) is 0 Å². The third-order valence-electron chi connectivity index (χ3n) is 3.10. The van der Waals surface area contributed by atoms with Gasteiger partial charge >= 0.3 is 0 Å². The number of ether oxygens (including phenoxy) is 1. The van der Waals surface area contributed by atoms with Crippen LogP contribution in [0.3, 0.4) is 0 Å². The van der Waals surface area contributed by atoms with Crippen LogP contribution < -0.4 is 27.0 Å². The summed E-state index contributed by atoms with van der Waals surface area (Å²) in [4.78, 5) is 16.5. The maximum atomic E-state index is 12.0. The molecule has 2 aromatic carbocycles. The van der Waals surface area contributed by atoms with Gasteiger partial charge in [0, 0.05) is 5.56 Å². The Labute approximate surface area is 142 Å². The number of methoxy groups -OCH3 is 1. The van der Waals surface area contributed by atoms with Crippen molar-refractivity contribution < 1.29 is 26.5 Å². The number of thiazole rings is 1. The molecular weight excluding hydrogens is 364 g/mol. The summed E-state index contributed by atoms with van der Waals surface area (Å²) < 4.78 is 6.32. The molecule has 3 rings (SSSR count). The molecule has 3 aromatic rings. The molecule has 0 aliphatic carbocycles. The topological polar surface area (TPSA) is 51.2 Å². The third-order valence-corrected chi connectivity index (χ3v) is 4.08. The number of nitrogens with zero attached hydrogens (tertiary/aromatic N) is 1. The number of aromatic nitrogens is 1. The minimum Gasteiger partial charge on any atom is -1.00 e. The summed E-state index contributed by atoms with van der Waals surface area (Å²) in [6.07, 6.45) is 0. The number of halogens is 1. The molecule has 0 atom stereocenters. The second kappa shape index (κ2) is 7.38. The van der Waals surface area contributed by atoms with Crippen molar-refractivity contribution in [3.63, 3.8) is 0 Å². The van der Waals surface area contributed by atoms with E-state index in [-0.39, 0.29) is 29.3 Å². The Hall–Kier alpha value is -1.92. The third kappa shape index (κ3) is 3.45. The molecule has 0 unspecified atom stereocenters. The highest BCUT2D eigenvalue weighted by Crippen LogP contribution is 2.31. The second-order valence-electron chi connectivity index (χ2n) is 4.47. The predicted molar refractivity (Wildman–Crippen MR) is 85.4 cm³/mol. The quantitative estimate of drug-likeness (QED) is 0.661. The molecule has 4 nitrogen and oxygen atoms in total. The zero-order chi connectivity index (χ0) is 14.7. The van der Waals surface area contributed by atoms with Crippen LogP contribution in [-0.4, -0.2) is 24.4 Å². The van der Waals surface area contributed by atoms with Gasteiger partial charge in [-0.1, -0.05) is 47.7 Å². The number of Topliss-reactive ketones (excluding diaryl/α,β-unsaturated/α-hetero) is 1. The number of para-hydroxylation sites is 1. The van der Waals surface area contributed by atoms with E-state index < -0.39 is 0 Å². The van der Waals surface area contributed by atoms with Gasteiger partial charge in [-0.05, 0) is 12.1 Å². The van der Waals surface area contributed by atoms with Gasteiger partial charge in [-0.3, -0.25) is 4.79 Å². The number of ketones is 1. The van der Waals surface area contributed by atoms with Gasteiger partial charge in [0.15, 0.2) is 10.9 Å². The van der Waals surface area contributed by atoms with E-state index >= 15 is 0 Å². The average molecular weight is 378 g/mol. The van der Waals surface area contributed by atoms with Gasteiger partial charge < -0.3 is 27.0 Å². The highest BCUT2D eigenvalue weighted by Gasteiger charge is 2.10. The van der Waals surface area contributed by atoms with E-state index in [1.807, 2.05) is 48.5 Å². The molecule has 22 heavy (non-hydrogen) atoms. The molecule has 0 aliphatic rings. The Kier molecular flexibility index (Phi) is 5.51. The SMILES string of the molecule is COc1cccc2sc(NCC(=O)c3ccccc3)nc12.[Br-]. The fourth-order valence-corrected chi connectivity index (χ4v) is 2.92. The van der Waals surface area contributed by atoms with Gasteiger partial charge in [-0.15, -0.1) is 0 Å². The fourth-order valence-electron chi connectivity index (χ4n) is 2.05. The van der Waals surface area contributed by atoms with E-state index in [2.05, 4.69) is 10.3 Å². The minimum absolute atomic E-state index is 0. The Morgan fingerprint density at radius 3 is 2.68 bits per heavy atom. The fraction of sp³-hybridized carbons (Fsp3) is 0.125. The number of anilines is 1. The summed E-state index contributed by atoms with van der Waals surface area (Å²) in [5.74, 6) is 0.785. The first-order chi connectivity index (χ1) is 10.3. The Morgan fingerprint density at radius 2 is 1.95 bits per heavy atom. The summed E-state index contributed by atoms with van der Waals surface area (Å²) in [5.41, 5.74) is 1.52. The monoisotopic (exact) mass is 377 g/mol. The number of rotatable bonds is 5. The summed E-state index contributed by atoms with van der Waals surface area (Å²) in [7, 11) is 1.63. The standard InChI is InChI=1S/C16H14N2O2S.BrH/c1-20-13-8-5-9-14-15(13)18-16(21-14)17-10-12(19)11-6-3-2-4-7-11;/h2-9H,10H2,1H3,(H,17,18);1H/p-1. The van der Waals surface area contributed by atoms with Crippen LogP contribution in [0, 0.1) is 0 Å². The van der Waals surface area contributed by atoms with Crippen LogP contribution in [0.2, 0.25) is 0 Å². The molecule has 0 bridgehead atoms. The van der Waals surface area contributed by atoms with Gasteiger partial charge in [-0.2, -0.15) is 0 Å². The Balaban J connectivity index is 0.00000176. The summed E-state index contributed by atoms with van der Waals surface area (Å²) in [6, 6.07) is 15.0. The summed E-state index contributed by atoms with van der Waals surface area (Å²) in [5, 5.41) is 3.81. The molecule has 114 valence electrons. The van der Waals surface area contributed by atoms with E-state index in [1.54, 1.807) is 7.11 Å². The summed E-state index contributed by atoms with van der Waals surface area (Å²) in [6.45, 7) is 0.228. The minimum atomic E-state index is 0. The van der Waals surface area contributed by atoms with Crippen molar-refractivity contribution in [2.45, 2.75) is 0 Å². The number of nitrogens with one attached hydrogen (secondary N) is 1. The van der Waals surface area contributed by atoms with E-state index in [9.17, 15) is 4.79 Å². The van der Waals surface area contributed by atoms with Crippen molar-refractivity contribution in [1.29, 1.82) is 0 Å². The smallest absolute Gasteiger partial charge is 0.184 e. The van der Waals surface area contributed by atoms with E-state index in [0.717, 1.165) is 21.1 Å². The first-order valence-electron chi connectivity index (χ1n) is 6.53. The first kappa shape index (κ1) is 16.5. The lowest BCUT2D eigenvalue weighted by Crippen LogP contribution is -3.00. The number of fused-ring (bicyclic) bond motifs is 1. The Bertz CT molecular complexity index is 774. The molecule has 0 amide bonds. The normalized spacial score (nSPS) is 10.0. The van der Waals surface area contributed by atoms with Crippen LogP contribution in [0.15, 0.2) is 48.5 Å². The number of hydrogen-bond acceptors (Lipinski definition) is 5. The molecule has 1 aromatic heterocycles. The van der Waals surface area contributed by atoms with Crippen molar-refractivity contribution in [2.24, 2.45) is 0 Å². The highest BCUT2D eigenvalue weighted by molar-refractivity contribution is 7.22. The number of benzene rings is 2. The van der Waals surface area contributed by atoms with Gasteiger partial charge in [0.05, 0.1) is 18.4 Å². The van der Waals surface area contributed by atoms with Crippen LogP contribution in [0.4, 0.5) is 5.13 Å². The lowest BCUT2D eigenvalue weighted by atomic mass is 10.1. The van der Waals surface area contributed by atoms with Gasteiger partial charge in [-0.25, -0.2) is 4.98 Å². The average Bonchev–Trinajstić information content (AvgIpc) is 2.96. The molecule has 1 N–H and O–H groups in total. The van der Waals surface area contributed by atoms with Crippen molar-refractivity contribution >= 4 is 32.5 Å². The van der Waals surface area contributed by atoms with Crippen LogP contribution in [-0.2, 0) is 0 Å². The van der Waals surface area contributed by atoms with Crippen LogP contribution in [0.5, 0.6) is 5.75 Å². The molecule has 1 heterocycles. The number of carbonyl (C=O) groups excluding carboxylic acids is 1. The van der Waals surface area contributed by atoms with Gasteiger partial charge in [0.1, 0.15) is 11.3 Å². The Morgan fingerprint density at radius 1 is 1.18 bits per heavy atom. The van der Waals surface area contributed by atoms with Crippen LogP contribution >= 0.6 is 11.3 Å². The first-order valence-corrected chi connectivity index (χ1v) is 7.35. The van der Waals surface area contributed by atoms with Crippen LogP contribution in [0.25, 0.3) is 10.2 Å². The predicted octanol–water partition coefficient (Wildman–Crippen LogP) is 0.604. The number of carbonyl (C=O) groups is 1. The zero-order valence-electron chi connectivity index (χ0n) is 11.9. The van der Waals surface area contributed by atoms with Gasteiger partial charge in [0.2, 0.25) is 0 Å². The zero-order valence-corrected chi connectivity index (χ0v) is 14.3. The molecule has 0 radical (unpaired) electrons. The largest absolute Gasteiger partial charge is 1.00 e. The lowest BCUT2D eigenvalue weighted by molar-refractivity contribution is -0.0000121. The maximum absolute atomic E-state index is 12.0. The van der Waals surface area contributed by atoms with Crippen molar-refractivity contribution in [1.82, 2.24) is 4.98 Å². The van der Waals surface area contributed by atoms with Crippen molar-refractivity contribution in [2.75, 3.05) is 19.0 Å². The second-order valence-corrected chi connectivity index (χ2v) is 5.50. The van der Waals surface area contributed by atoms with E-state index in [0.29, 0.717) is 5.56 Å². The molecular formula is C16H14BrN2O2S-. The molecule has 0 saturated carbocycles. The number of hydrogen-bond donors (Lipinski definition) is 1. The summed E-state index contributed by atoms with van der Waals surface area (Å²) >= 11 is 1.51. The van der Waals surface area contributed by atoms with Crippen molar-refractivity contribution in [3.05, 3.63) is 54.1 Å². The molecule has 0 fully saturated rings. The van der Waals surface area contributed by atoms with Crippen LogP contribution in [0.1, 0.15) is 10.4 Å². The molecule has 0 saturated heterocycles. The molecule has 6 heteroatoms. The lowest BCUT2D eigenvalue weighted by Gasteiger charge is -2.01.